The first-order chi connectivity index (χ1) is 14.5. The summed E-state index contributed by atoms with van der Waals surface area (Å²) >= 11 is 3.36. The molecule has 1 aromatic heterocycles. The number of furan rings is 1. The van der Waals surface area contributed by atoms with Gasteiger partial charge in [0.1, 0.15) is 0 Å². The summed E-state index contributed by atoms with van der Waals surface area (Å²) in [5, 5.41) is 3.98. The Morgan fingerprint density at radius 1 is 1.13 bits per heavy atom. The summed E-state index contributed by atoms with van der Waals surface area (Å²) in [6.07, 6.45) is 3.10. The van der Waals surface area contributed by atoms with E-state index in [1.165, 1.54) is 18.5 Å². The number of halogens is 1. The van der Waals surface area contributed by atoms with Crippen LogP contribution in [0.5, 0.6) is 11.5 Å². The molecule has 3 aromatic rings. The van der Waals surface area contributed by atoms with Gasteiger partial charge in [0.05, 0.1) is 25.5 Å². The average molecular weight is 471 g/mol. The third-order valence-electron chi connectivity index (χ3n) is 3.87. The van der Waals surface area contributed by atoms with Gasteiger partial charge in [0.15, 0.2) is 11.5 Å². The van der Waals surface area contributed by atoms with Gasteiger partial charge in [0.2, 0.25) is 11.7 Å². The fraction of sp³-hybridized carbons (Fsp3) is 0.136. The second-order valence-electron chi connectivity index (χ2n) is 6.10. The van der Waals surface area contributed by atoms with Crippen molar-refractivity contribution in [1.29, 1.82) is 0 Å². The molecule has 8 heteroatoms. The summed E-state index contributed by atoms with van der Waals surface area (Å²) in [5.74, 6) is -0.126. The highest BCUT2D eigenvalue weighted by molar-refractivity contribution is 9.10. The molecule has 0 aliphatic carbocycles. The van der Waals surface area contributed by atoms with Crippen LogP contribution in [0.25, 0.3) is 0 Å². The standard InChI is InChI=1S/C22H19BrN2O5/c1-2-28-20-12-16(7-10-18(20)30-22(27)19-4-3-11-29-19)14-24-25-21(26)13-15-5-8-17(23)9-6-15/h3-12,14H,2,13H2,1H3,(H,25,26)/b24-14-. The summed E-state index contributed by atoms with van der Waals surface area (Å²) in [7, 11) is 0. The minimum atomic E-state index is -0.623. The van der Waals surface area contributed by atoms with Gasteiger partial charge in [-0.15, -0.1) is 0 Å². The molecule has 154 valence electrons. The van der Waals surface area contributed by atoms with Crippen molar-refractivity contribution in [2.24, 2.45) is 5.10 Å². The van der Waals surface area contributed by atoms with Gasteiger partial charge in [-0.2, -0.15) is 5.10 Å². The van der Waals surface area contributed by atoms with E-state index in [1.807, 2.05) is 31.2 Å². The fourth-order valence-electron chi connectivity index (χ4n) is 2.51. The number of hydrazone groups is 1. The molecule has 0 saturated carbocycles. The molecule has 0 atom stereocenters. The van der Waals surface area contributed by atoms with Gasteiger partial charge in [-0.05, 0) is 60.5 Å². The Hall–Kier alpha value is -3.39. The number of carbonyl (C=O) groups excluding carboxylic acids is 2. The quantitative estimate of drug-likeness (QED) is 0.228. The van der Waals surface area contributed by atoms with E-state index in [4.69, 9.17) is 13.9 Å². The predicted octanol–water partition coefficient (Wildman–Crippen LogP) is 4.35. The van der Waals surface area contributed by atoms with Gasteiger partial charge in [-0.25, -0.2) is 10.2 Å². The summed E-state index contributed by atoms with van der Waals surface area (Å²) < 4.78 is 16.9. The molecule has 0 unspecified atom stereocenters. The van der Waals surface area contributed by atoms with Gasteiger partial charge in [0.25, 0.3) is 0 Å². The molecule has 1 N–H and O–H groups in total. The Balaban J connectivity index is 1.62. The van der Waals surface area contributed by atoms with Crippen LogP contribution in [0.1, 0.15) is 28.6 Å². The number of hydrogen-bond donors (Lipinski definition) is 1. The van der Waals surface area contributed by atoms with Gasteiger partial charge in [-0.3, -0.25) is 4.79 Å². The number of rotatable bonds is 8. The molecule has 0 saturated heterocycles. The van der Waals surface area contributed by atoms with E-state index < -0.39 is 5.97 Å². The van der Waals surface area contributed by atoms with Crippen LogP contribution in [0.4, 0.5) is 0 Å². The third-order valence-corrected chi connectivity index (χ3v) is 4.40. The van der Waals surface area contributed by atoms with Crippen molar-refractivity contribution in [1.82, 2.24) is 5.43 Å². The molecule has 2 aromatic carbocycles. The minimum absolute atomic E-state index is 0.0940. The molecule has 1 amide bonds. The Labute approximate surface area is 181 Å². The highest BCUT2D eigenvalue weighted by Crippen LogP contribution is 2.29. The summed E-state index contributed by atoms with van der Waals surface area (Å²) in [4.78, 5) is 24.1. The zero-order chi connectivity index (χ0) is 21.3. The first-order valence-corrected chi connectivity index (χ1v) is 9.93. The van der Waals surface area contributed by atoms with Crippen LogP contribution in [0.3, 0.4) is 0 Å². The van der Waals surface area contributed by atoms with Crippen LogP contribution in [0.15, 0.2) is 74.9 Å². The van der Waals surface area contributed by atoms with E-state index in [2.05, 4.69) is 26.5 Å². The highest BCUT2D eigenvalue weighted by atomic mass is 79.9. The second-order valence-corrected chi connectivity index (χ2v) is 7.02. The van der Waals surface area contributed by atoms with Crippen molar-refractivity contribution < 1.29 is 23.5 Å². The van der Waals surface area contributed by atoms with Crippen LogP contribution >= 0.6 is 15.9 Å². The lowest BCUT2D eigenvalue weighted by molar-refractivity contribution is -0.120. The first kappa shape index (κ1) is 21.3. The van der Waals surface area contributed by atoms with Crippen LogP contribution < -0.4 is 14.9 Å². The monoisotopic (exact) mass is 470 g/mol. The molecule has 0 bridgehead atoms. The Morgan fingerprint density at radius 2 is 1.93 bits per heavy atom. The molecule has 0 fully saturated rings. The second kappa shape index (κ2) is 10.4. The molecule has 7 nitrogen and oxygen atoms in total. The fourth-order valence-corrected chi connectivity index (χ4v) is 2.77. The SMILES string of the molecule is CCOc1cc(/C=N\NC(=O)Cc2ccc(Br)cc2)ccc1OC(=O)c1ccco1. The topological polar surface area (TPSA) is 90.1 Å². The molecule has 0 aliphatic rings. The molecule has 0 spiro atoms. The van der Waals surface area contributed by atoms with Crippen LogP contribution in [0.2, 0.25) is 0 Å². The van der Waals surface area contributed by atoms with Crippen molar-refractivity contribution in [2.45, 2.75) is 13.3 Å². The number of benzene rings is 2. The van der Waals surface area contributed by atoms with Crippen LogP contribution in [-0.4, -0.2) is 24.7 Å². The third kappa shape index (κ3) is 6.05. The zero-order valence-corrected chi connectivity index (χ0v) is 17.7. The summed E-state index contributed by atoms with van der Waals surface area (Å²) in [5.41, 5.74) is 4.04. The zero-order valence-electron chi connectivity index (χ0n) is 16.1. The van der Waals surface area contributed by atoms with E-state index in [-0.39, 0.29) is 23.8 Å². The normalized spacial score (nSPS) is 10.7. The van der Waals surface area contributed by atoms with Gasteiger partial charge >= 0.3 is 5.97 Å². The van der Waals surface area contributed by atoms with Crippen molar-refractivity contribution in [3.8, 4) is 11.5 Å². The molecule has 1 heterocycles. The first-order valence-electron chi connectivity index (χ1n) is 9.14. The van der Waals surface area contributed by atoms with E-state index in [0.717, 1.165) is 10.0 Å². The van der Waals surface area contributed by atoms with Crippen LogP contribution in [-0.2, 0) is 11.2 Å². The maximum Gasteiger partial charge on any atom is 0.379 e. The summed E-state index contributed by atoms with van der Waals surface area (Å²) in [6.45, 7) is 2.21. The Kier molecular flexibility index (Phi) is 7.40. The minimum Gasteiger partial charge on any atom is -0.490 e. The highest BCUT2D eigenvalue weighted by Gasteiger charge is 2.15. The molecule has 3 rings (SSSR count). The van der Waals surface area contributed by atoms with Crippen molar-refractivity contribution >= 4 is 34.0 Å². The maximum atomic E-state index is 12.1. The number of nitrogens with zero attached hydrogens (tertiary/aromatic N) is 1. The van der Waals surface area contributed by atoms with Crippen molar-refractivity contribution in [2.75, 3.05) is 6.61 Å². The van der Waals surface area contributed by atoms with Gasteiger partial charge < -0.3 is 13.9 Å². The number of esters is 1. The van der Waals surface area contributed by atoms with E-state index in [9.17, 15) is 9.59 Å². The number of carbonyl (C=O) groups is 2. The predicted molar refractivity (Wildman–Crippen MR) is 115 cm³/mol. The van der Waals surface area contributed by atoms with E-state index in [1.54, 1.807) is 24.3 Å². The average Bonchev–Trinajstić information content (AvgIpc) is 3.27. The molecular weight excluding hydrogens is 452 g/mol. The number of amides is 1. The smallest absolute Gasteiger partial charge is 0.379 e. The van der Waals surface area contributed by atoms with Crippen LogP contribution in [0, 0.1) is 0 Å². The lowest BCUT2D eigenvalue weighted by atomic mass is 10.1. The molecule has 30 heavy (non-hydrogen) atoms. The molecule has 0 radical (unpaired) electrons. The Morgan fingerprint density at radius 3 is 2.63 bits per heavy atom. The lowest BCUT2D eigenvalue weighted by Gasteiger charge is -2.10. The lowest BCUT2D eigenvalue weighted by Crippen LogP contribution is -2.19. The summed E-state index contributed by atoms with van der Waals surface area (Å²) in [6, 6.07) is 15.6. The largest absolute Gasteiger partial charge is 0.490 e. The number of ether oxygens (including phenoxy) is 2. The van der Waals surface area contributed by atoms with Crippen molar-refractivity contribution in [3.05, 3.63) is 82.2 Å². The van der Waals surface area contributed by atoms with Gasteiger partial charge in [0, 0.05) is 4.47 Å². The molecular formula is C22H19BrN2O5. The Bertz CT molecular complexity index is 1030. The van der Waals surface area contributed by atoms with E-state index in [0.29, 0.717) is 17.9 Å². The van der Waals surface area contributed by atoms with Gasteiger partial charge in [-0.1, -0.05) is 28.1 Å². The number of hydrogen-bond acceptors (Lipinski definition) is 6. The van der Waals surface area contributed by atoms with Crippen molar-refractivity contribution in [3.63, 3.8) is 0 Å². The number of nitrogens with one attached hydrogen (secondary N) is 1. The molecule has 0 aliphatic heterocycles. The van der Waals surface area contributed by atoms with E-state index >= 15 is 0 Å². The maximum absolute atomic E-state index is 12.1.